The zero-order valence-corrected chi connectivity index (χ0v) is 15.7. The molecule has 2 saturated heterocycles. The number of amides is 3. The van der Waals surface area contributed by atoms with Crippen molar-refractivity contribution in [2.75, 3.05) is 20.1 Å². The number of piperidine rings is 2. The highest BCUT2D eigenvalue weighted by atomic mass is 16.2. The minimum Gasteiger partial charge on any atom is -0.322 e. The van der Waals surface area contributed by atoms with Gasteiger partial charge in [-0.1, -0.05) is 18.2 Å². The highest BCUT2D eigenvalue weighted by Gasteiger charge is 2.40. The first-order valence-electron chi connectivity index (χ1n) is 9.71. The van der Waals surface area contributed by atoms with E-state index in [-0.39, 0.29) is 24.1 Å². The van der Waals surface area contributed by atoms with Gasteiger partial charge in [0.25, 0.3) is 5.91 Å². The molecule has 3 amide bonds. The summed E-state index contributed by atoms with van der Waals surface area (Å²) in [6, 6.07) is 5.93. The molecule has 7 nitrogen and oxygen atoms in total. The van der Waals surface area contributed by atoms with E-state index in [9.17, 15) is 14.4 Å². The third kappa shape index (κ3) is 3.49. The largest absolute Gasteiger partial charge is 0.322 e. The summed E-state index contributed by atoms with van der Waals surface area (Å²) in [6.07, 6.45) is 2.90. The average Bonchev–Trinajstić information content (AvgIpc) is 3.00. The van der Waals surface area contributed by atoms with Gasteiger partial charge < -0.3 is 10.2 Å². The van der Waals surface area contributed by atoms with Crippen molar-refractivity contribution in [3.8, 4) is 0 Å². The molecule has 1 aromatic carbocycles. The van der Waals surface area contributed by atoms with E-state index in [1.165, 1.54) is 0 Å². The summed E-state index contributed by atoms with van der Waals surface area (Å²) >= 11 is 0. The molecular formula is C20H26N4O3. The molecule has 0 saturated carbocycles. The van der Waals surface area contributed by atoms with E-state index in [1.807, 2.05) is 18.2 Å². The molecule has 0 spiro atoms. The predicted molar refractivity (Wildman–Crippen MR) is 99.8 cm³/mol. The molecule has 0 aromatic heterocycles. The molecule has 1 atom stereocenters. The molecule has 0 radical (unpaired) electrons. The molecule has 3 aliphatic rings. The summed E-state index contributed by atoms with van der Waals surface area (Å²) < 4.78 is 0. The monoisotopic (exact) mass is 370 g/mol. The van der Waals surface area contributed by atoms with Gasteiger partial charge in [-0.3, -0.25) is 24.6 Å². The van der Waals surface area contributed by atoms with E-state index in [1.54, 1.807) is 4.90 Å². The van der Waals surface area contributed by atoms with Crippen LogP contribution in [0.2, 0.25) is 0 Å². The van der Waals surface area contributed by atoms with Crippen molar-refractivity contribution in [3.05, 3.63) is 34.9 Å². The smallest absolute Gasteiger partial charge is 0.255 e. The summed E-state index contributed by atoms with van der Waals surface area (Å²) in [7, 11) is 2.12. The Balaban J connectivity index is 1.53. The molecule has 2 fully saturated rings. The first-order valence-corrected chi connectivity index (χ1v) is 9.71. The van der Waals surface area contributed by atoms with Crippen LogP contribution < -0.4 is 10.6 Å². The number of nitrogens with zero attached hydrogens (tertiary/aromatic N) is 2. The summed E-state index contributed by atoms with van der Waals surface area (Å²) in [6.45, 7) is 3.22. The maximum absolute atomic E-state index is 13.1. The van der Waals surface area contributed by atoms with Crippen molar-refractivity contribution in [1.29, 1.82) is 0 Å². The molecule has 4 rings (SSSR count). The quantitative estimate of drug-likeness (QED) is 0.760. The average molecular weight is 370 g/mol. The standard InChI is InChI=1S/C20H26N4O3/c1-23(15-7-9-21-10-8-15)11-13-3-2-4-14-12-24(20(27)18(13)14)16-5-6-17(25)22-19(16)26/h2-4,15-16,21H,5-12H2,1H3,(H,22,25,26). The van der Waals surface area contributed by atoms with E-state index >= 15 is 0 Å². The van der Waals surface area contributed by atoms with Gasteiger partial charge in [0, 0.05) is 31.1 Å². The van der Waals surface area contributed by atoms with Crippen LogP contribution in [-0.2, 0) is 22.7 Å². The molecule has 1 unspecified atom stereocenters. The molecule has 1 aromatic rings. The first kappa shape index (κ1) is 18.1. The van der Waals surface area contributed by atoms with E-state index in [0.29, 0.717) is 19.0 Å². The van der Waals surface area contributed by atoms with Crippen LogP contribution >= 0.6 is 0 Å². The summed E-state index contributed by atoms with van der Waals surface area (Å²) in [5.74, 6) is -0.709. The Kier molecular flexibility index (Phi) is 4.97. The number of fused-ring (bicyclic) bond motifs is 1. The van der Waals surface area contributed by atoms with Gasteiger partial charge in [-0.25, -0.2) is 0 Å². The minimum atomic E-state index is -0.558. The van der Waals surface area contributed by atoms with Crippen molar-refractivity contribution in [2.24, 2.45) is 0 Å². The lowest BCUT2D eigenvalue weighted by molar-refractivity contribution is -0.136. The lowest BCUT2D eigenvalue weighted by atomic mass is 10.0. The van der Waals surface area contributed by atoms with Gasteiger partial charge in [0.05, 0.1) is 0 Å². The Morgan fingerprint density at radius 2 is 1.93 bits per heavy atom. The second-order valence-corrected chi connectivity index (χ2v) is 7.75. The van der Waals surface area contributed by atoms with E-state index in [0.717, 1.165) is 49.2 Å². The van der Waals surface area contributed by atoms with Gasteiger partial charge in [0.15, 0.2) is 0 Å². The molecule has 144 valence electrons. The predicted octanol–water partition coefficient (Wildman–Crippen LogP) is 0.631. The number of hydrogen-bond donors (Lipinski definition) is 2. The van der Waals surface area contributed by atoms with Crippen LogP contribution in [0.15, 0.2) is 18.2 Å². The van der Waals surface area contributed by atoms with Gasteiger partial charge in [-0.15, -0.1) is 0 Å². The fourth-order valence-electron chi connectivity index (χ4n) is 4.47. The van der Waals surface area contributed by atoms with Crippen LogP contribution in [-0.4, -0.2) is 59.7 Å². The molecule has 0 aliphatic carbocycles. The Labute approximate surface area is 159 Å². The van der Waals surface area contributed by atoms with Crippen molar-refractivity contribution in [1.82, 2.24) is 20.4 Å². The summed E-state index contributed by atoms with van der Waals surface area (Å²) in [4.78, 5) is 40.7. The lowest BCUT2D eigenvalue weighted by Crippen LogP contribution is -2.52. The van der Waals surface area contributed by atoms with Crippen molar-refractivity contribution in [2.45, 2.75) is 50.9 Å². The van der Waals surface area contributed by atoms with Gasteiger partial charge in [0.2, 0.25) is 11.8 Å². The molecule has 7 heteroatoms. The molecule has 0 bridgehead atoms. The Hall–Kier alpha value is -2.25. The summed E-state index contributed by atoms with van der Waals surface area (Å²) in [5, 5.41) is 5.74. The van der Waals surface area contributed by atoms with Gasteiger partial charge in [-0.2, -0.15) is 0 Å². The highest BCUT2D eigenvalue weighted by molar-refractivity contribution is 6.05. The van der Waals surface area contributed by atoms with Crippen LogP contribution in [0, 0.1) is 0 Å². The number of hydrogen-bond acceptors (Lipinski definition) is 5. The minimum absolute atomic E-state index is 0.0891. The van der Waals surface area contributed by atoms with E-state index < -0.39 is 6.04 Å². The molecular weight excluding hydrogens is 344 g/mol. The molecule has 27 heavy (non-hydrogen) atoms. The number of rotatable bonds is 4. The normalized spacial score (nSPS) is 23.7. The third-order valence-corrected chi connectivity index (χ3v) is 5.99. The van der Waals surface area contributed by atoms with Gasteiger partial charge >= 0.3 is 0 Å². The number of carbonyl (C=O) groups excluding carboxylic acids is 3. The number of nitrogens with one attached hydrogen (secondary N) is 2. The van der Waals surface area contributed by atoms with Crippen LogP contribution in [0.5, 0.6) is 0 Å². The van der Waals surface area contributed by atoms with Crippen molar-refractivity contribution >= 4 is 17.7 Å². The maximum Gasteiger partial charge on any atom is 0.255 e. The van der Waals surface area contributed by atoms with E-state index in [2.05, 4.69) is 22.6 Å². The molecule has 3 aliphatic heterocycles. The van der Waals surface area contributed by atoms with Crippen LogP contribution in [0.3, 0.4) is 0 Å². The van der Waals surface area contributed by atoms with Crippen LogP contribution in [0.4, 0.5) is 0 Å². The van der Waals surface area contributed by atoms with Gasteiger partial charge in [0.1, 0.15) is 6.04 Å². The second-order valence-electron chi connectivity index (χ2n) is 7.75. The highest BCUT2D eigenvalue weighted by Crippen LogP contribution is 2.30. The topological polar surface area (TPSA) is 81.8 Å². The summed E-state index contributed by atoms with van der Waals surface area (Å²) in [5.41, 5.74) is 2.73. The SMILES string of the molecule is CN(Cc1cccc2c1C(=O)N(C1CCC(=O)NC1=O)C2)C1CCNCC1. The number of imide groups is 1. The molecule has 2 N–H and O–H groups in total. The second kappa shape index (κ2) is 7.40. The van der Waals surface area contributed by atoms with Crippen LogP contribution in [0.1, 0.15) is 47.2 Å². The molecule has 3 heterocycles. The fraction of sp³-hybridized carbons (Fsp3) is 0.550. The zero-order chi connectivity index (χ0) is 19.0. The number of carbonyl (C=O) groups is 3. The lowest BCUT2D eigenvalue weighted by Gasteiger charge is -2.32. The van der Waals surface area contributed by atoms with E-state index in [4.69, 9.17) is 0 Å². The Bertz CT molecular complexity index is 772. The fourth-order valence-corrected chi connectivity index (χ4v) is 4.47. The van der Waals surface area contributed by atoms with Crippen molar-refractivity contribution in [3.63, 3.8) is 0 Å². The number of benzene rings is 1. The third-order valence-electron chi connectivity index (χ3n) is 5.99. The Morgan fingerprint density at radius 3 is 2.67 bits per heavy atom. The van der Waals surface area contributed by atoms with Crippen molar-refractivity contribution < 1.29 is 14.4 Å². The van der Waals surface area contributed by atoms with Crippen LogP contribution in [0.25, 0.3) is 0 Å². The first-order chi connectivity index (χ1) is 13.0. The maximum atomic E-state index is 13.1. The zero-order valence-electron chi connectivity index (χ0n) is 15.7. The Morgan fingerprint density at radius 1 is 1.15 bits per heavy atom. The van der Waals surface area contributed by atoms with Gasteiger partial charge in [-0.05, 0) is 50.5 Å².